The van der Waals surface area contributed by atoms with E-state index in [4.69, 9.17) is 9.47 Å². The van der Waals surface area contributed by atoms with Gasteiger partial charge in [-0.15, -0.1) is 0 Å². The molecular weight excluding hydrogens is 470 g/mol. The number of urea groups is 1. The van der Waals surface area contributed by atoms with Gasteiger partial charge in [-0.2, -0.15) is 0 Å². The average molecular weight is 512 g/mol. The first kappa shape index (κ1) is 29.7. The highest BCUT2D eigenvalue weighted by Gasteiger charge is 2.31. The first-order chi connectivity index (χ1) is 17.6. The second-order valence-corrected chi connectivity index (χ2v) is 9.85. The summed E-state index contributed by atoms with van der Waals surface area (Å²) in [6.45, 7) is 9.57. The number of esters is 1. The molecule has 2 aromatic carbocycles. The summed E-state index contributed by atoms with van der Waals surface area (Å²) in [5.41, 5.74) is 3.76. The number of nitrogens with one attached hydrogen (secondary N) is 2. The lowest BCUT2D eigenvalue weighted by molar-refractivity contribution is -0.158. The quantitative estimate of drug-likeness (QED) is 0.302. The molecule has 0 radical (unpaired) electrons. The first-order valence-corrected chi connectivity index (χ1v) is 12.9. The van der Waals surface area contributed by atoms with E-state index in [1.165, 1.54) is 5.01 Å². The van der Waals surface area contributed by atoms with Crippen LogP contribution >= 0.6 is 0 Å². The Morgan fingerprint density at radius 2 is 1.65 bits per heavy atom. The van der Waals surface area contributed by atoms with Crippen molar-refractivity contribution in [2.45, 2.75) is 71.9 Å². The van der Waals surface area contributed by atoms with E-state index in [1.807, 2.05) is 42.5 Å². The number of hydrogen-bond acceptors (Lipinski definition) is 5. The molecule has 2 aromatic rings. The van der Waals surface area contributed by atoms with E-state index in [-0.39, 0.29) is 24.4 Å². The Labute approximate surface area is 220 Å². The number of nitrogens with zero attached hydrogens (tertiary/aromatic N) is 1. The highest BCUT2D eigenvalue weighted by molar-refractivity contribution is 5.81. The summed E-state index contributed by atoms with van der Waals surface area (Å²) in [5, 5.41) is 4.05. The molecule has 0 fully saturated rings. The third-order valence-corrected chi connectivity index (χ3v) is 5.80. The largest absolute Gasteiger partial charge is 0.476 e. The molecule has 0 aliphatic carbocycles. The number of benzene rings is 2. The summed E-state index contributed by atoms with van der Waals surface area (Å²) >= 11 is 0. The van der Waals surface area contributed by atoms with Crippen molar-refractivity contribution in [2.75, 3.05) is 13.7 Å². The maximum Gasteiger partial charge on any atom is 0.349 e. The smallest absolute Gasteiger partial charge is 0.349 e. The van der Waals surface area contributed by atoms with Gasteiger partial charge in [0.05, 0.1) is 12.6 Å². The predicted octanol–water partition coefficient (Wildman–Crippen LogP) is 5.19. The summed E-state index contributed by atoms with van der Waals surface area (Å²) in [6.07, 6.45) is 2.27. The molecule has 37 heavy (non-hydrogen) atoms. The van der Waals surface area contributed by atoms with Gasteiger partial charge in [0.15, 0.2) is 5.60 Å². The second kappa shape index (κ2) is 14.3. The molecule has 2 N–H and O–H groups in total. The zero-order chi connectivity index (χ0) is 27.4. The minimum absolute atomic E-state index is 0.218. The molecule has 202 valence electrons. The summed E-state index contributed by atoms with van der Waals surface area (Å²) in [5.74, 6) is 0.255. The van der Waals surface area contributed by atoms with Crippen molar-refractivity contribution < 1.29 is 23.9 Å². The van der Waals surface area contributed by atoms with Gasteiger partial charge in [0.1, 0.15) is 5.75 Å². The van der Waals surface area contributed by atoms with Crippen molar-refractivity contribution in [1.82, 2.24) is 15.8 Å². The lowest BCUT2D eigenvalue weighted by Crippen LogP contribution is -2.51. The highest BCUT2D eigenvalue weighted by Crippen LogP contribution is 2.27. The molecule has 0 spiro atoms. The van der Waals surface area contributed by atoms with Crippen molar-refractivity contribution in [1.29, 1.82) is 0 Å². The van der Waals surface area contributed by atoms with Crippen LogP contribution in [0.3, 0.4) is 0 Å². The zero-order valence-corrected chi connectivity index (χ0v) is 22.9. The Morgan fingerprint density at radius 3 is 2.22 bits per heavy atom. The molecule has 0 bridgehead atoms. The van der Waals surface area contributed by atoms with Crippen LogP contribution in [0, 0.1) is 5.92 Å². The van der Waals surface area contributed by atoms with Crippen molar-refractivity contribution >= 4 is 17.9 Å². The van der Waals surface area contributed by atoms with Crippen LogP contribution in [0.15, 0.2) is 54.6 Å². The van der Waals surface area contributed by atoms with Crippen LogP contribution in [0.2, 0.25) is 0 Å². The number of rotatable bonds is 12. The van der Waals surface area contributed by atoms with Crippen LogP contribution in [0.5, 0.6) is 5.75 Å². The van der Waals surface area contributed by atoms with Crippen molar-refractivity contribution in [3.8, 4) is 5.75 Å². The Bertz CT molecular complexity index is 1010. The van der Waals surface area contributed by atoms with E-state index >= 15 is 0 Å². The normalized spacial score (nSPS) is 12.0. The molecule has 1 unspecified atom stereocenters. The number of hydrazine groups is 1. The number of carbonyl (C=O) groups excluding carboxylic acids is 3. The first-order valence-electron chi connectivity index (χ1n) is 12.9. The Balaban J connectivity index is 1.96. The van der Waals surface area contributed by atoms with Crippen LogP contribution < -0.4 is 15.5 Å². The van der Waals surface area contributed by atoms with Gasteiger partial charge in [-0.25, -0.2) is 14.6 Å². The maximum atomic E-state index is 12.8. The number of carbonyl (C=O) groups is 3. The lowest BCUT2D eigenvalue weighted by Gasteiger charge is -2.33. The number of hydrogen-bond donors (Lipinski definition) is 2. The van der Waals surface area contributed by atoms with Gasteiger partial charge >= 0.3 is 12.0 Å². The molecule has 8 nitrogen and oxygen atoms in total. The van der Waals surface area contributed by atoms with Gasteiger partial charge < -0.3 is 14.8 Å². The Hall–Kier alpha value is -3.55. The second-order valence-electron chi connectivity index (χ2n) is 9.85. The number of amides is 3. The van der Waals surface area contributed by atoms with Crippen LogP contribution in [0.25, 0.3) is 0 Å². The summed E-state index contributed by atoms with van der Waals surface area (Å²) in [4.78, 5) is 37.6. The van der Waals surface area contributed by atoms with Gasteiger partial charge in [-0.1, -0.05) is 56.3 Å². The third kappa shape index (κ3) is 9.44. The molecule has 3 amide bonds. The van der Waals surface area contributed by atoms with Gasteiger partial charge in [0.25, 0.3) is 0 Å². The van der Waals surface area contributed by atoms with Gasteiger partial charge in [-0.3, -0.25) is 10.2 Å². The van der Waals surface area contributed by atoms with E-state index in [0.29, 0.717) is 37.5 Å². The topological polar surface area (TPSA) is 97.0 Å². The van der Waals surface area contributed by atoms with Gasteiger partial charge in [-0.05, 0) is 69.2 Å². The van der Waals surface area contributed by atoms with Crippen molar-refractivity contribution in [3.63, 3.8) is 0 Å². The molecule has 0 heterocycles. The summed E-state index contributed by atoms with van der Waals surface area (Å²) in [7, 11) is 1.56. The van der Waals surface area contributed by atoms with E-state index in [2.05, 4.69) is 24.6 Å². The van der Waals surface area contributed by atoms with Crippen molar-refractivity contribution in [2.24, 2.45) is 5.92 Å². The molecule has 0 saturated carbocycles. The Kier molecular flexibility index (Phi) is 11.4. The van der Waals surface area contributed by atoms with Crippen LogP contribution in [0.4, 0.5) is 4.79 Å². The molecule has 0 aliphatic rings. The minimum Gasteiger partial charge on any atom is -0.476 e. The van der Waals surface area contributed by atoms with Gasteiger partial charge in [0, 0.05) is 13.5 Å². The summed E-state index contributed by atoms with van der Waals surface area (Å²) in [6, 6.07) is 16.5. The maximum absolute atomic E-state index is 12.8. The fourth-order valence-electron chi connectivity index (χ4n) is 3.91. The molecular formula is C29H41N3O5. The fourth-order valence-corrected chi connectivity index (χ4v) is 3.91. The fraction of sp³-hybridized carbons (Fsp3) is 0.483. The van der Waals surface area contributed by atoms with E-state index in [9.17, 15) is 14.4 Å². The van der Waals surface area contributed by atoms with E-state index in [1.54, 1.807) is 40.0 Å². The number of ether oxygens (including phenoxy) is 2. The molecule has 8 heteroatoms. The molecule has 0 saturated heterocycles. The molecule has 2 rings (SSSR count). The molecule has 0 aromatic heterocycles. The minimum atomic E-state index is -1.08. The highest BCUT2D eigenvalue weighted by atomic mass is 16.6. The van der Waals surface area contributed by atoms with Crippen LogP contribution in [-0.4, -0.2) is 42.2 Å². The standard InChI is InChI=1S/C29H41N3O5/c1-7-36-27(34)29(4,5)37-24-18-16-22(17-19-24)12-11-15-26(33)31-32(28(35)30-6)25(20-21(2)3)23-13-9-8-10-14-23/h8-10,13-14,16-19,21,25H,7,11-12,15,20H2,1-6H3,(H,30,35)(H,31,33). The molecule has 1 atom stereocenters. The average Bonchev–Trinajstić information content (AvgIpc) is 2.87. The van der Waals surface area contributed by atoms with Crippen LogP contribution in [-0.2, 0) is 20.7 Å². The monoisotopic (exact) mass is 511 g/mol. The number of aryl methyl sites for hydroxylation is 1. The van der Waals surface area contributed by atoms with Crippen molar-refractivity contribution in [3.05, 3.63) is 65.7 Å². The molecule has 0 aliphatic heterocycles. The predicted molar refractivity (Wildman–Crippen MR) is 144 cm³/mol. The third-order valence-electron chi connectivity index (χ3n) is 5.80. The lowest BCUT2D eigenvalue weighted by atomic mass is 9.96. The van der Waals surface area contributed by atoms with Crippen LogP contribution in [0.1, 0.15) is 71.0 Å². The van der Waals surface area contributed by atoms with E-state index < -0.39 is 11.6 Å². The van der Waals surface area contributed by atoms with E-state index in [0.717, 1.165) is 11.1 Å². The SMILES string of the molecule is CCOC(=O)C(C)(C)Oc1ccc(CCCC(=O)NN(C(=O)NC)C(CC(C)C)c2ccccc2)cc1. The Morgan fingerprint density at radius 1 is 1.00 bits per heavy atom. The zero-order valence-electron chi connectivity index (χ0n) is 22.9. The van der Waals surface area contributed by atoms with Gasteiger partial charge in [0.2, 0.25) is 5.91 Å². The summed E-state index contributed by atoms with van der Waals surface area (Å²) < 4.78 is 10.9.